The maximum atomic E-state index is 10.2. The van der Waals surface area contributed by atoms with E-state index >= 15 is 0 Å². The summed E-state index contributed by atoms with van der Waals surface area (Å²) in [5.41, 5.74) is -0.667. The summed E-state index contributed by atoms with van der Waals surface area (Å²) in [4.78, 5) is 30.5. The molecule has 0 aliphatic carbocycles. The third kappa shape index (κ3) is 51.1. The van der Waals surface area contributed by atoms with Gasteiger partial charge in [0.05, 0.1) is 19.8 Å². The van der Waals surface area contributed by atoms with E-state index in [9.17, 15) is 14.4 Å². The minimum atomic E-state index is -0.667. The number of hydrogen-bond donors (Lipinski definition) is 6. The summed E-state index contributed by atoms with van der Waals surface area (Å²) < 4.78 is 0. The van der Waals surface area contributed by atoms with E-state index in [0.29, 0.717) is 25.7 Å². The SMILES string of the molecule is CCC(CO)(CO)CO.CCCCCCCCCCC(=O)O.CCCCCCCCCCC(=O)O.CCCCCCCCCCC(=O)O. The van der Waals surface area contributed by atoms with Crippen LogP contribution in [0, 0.1) is 5.41 Å². The van der Waals surface area contributed by atoms with Gasteiger partial charge in [-0.1, -0.05) is 163 Å². The Labute approximate surface area is 295 Å². The van der Waals surface area contributed by atoms with E-state index in [2.05, 4.69) is 20.8 Å². The first-order valence-corrected chi connectivity index (χ1v) is 19.5. The highest BCUT2D eigenvalue weighted by Crippen LogP contribution is 2.18. The Morgan fingerprint density at radius 2 is 0.542 bits per heavy atom. The summed E-state index contributed by atoms with van der Waals surface area (Å²) in [6.07, 6.45) is 30.8. The molecule has 0 radical (unpaired) electrons. The third-order valence-electron chi connectivity index (χ3n) is 8.49. The Balaban J connectivity index is -0.000000271. The first-order chi connectivity index (χ1) is 23.1. The van der Waals surface area contributed by atoms with Crippen molar-refractivity contribution >= 4 is 17.9 Å². The monoisotopic (exact) mass is 693 g/mol. The molecule has 0 saturated carbocycles. The van der Waals surface area contributed by atoms with E-state index in [4.69, 9.17) is 30.6 Å². The molecule has 0 aromatic rings. The number of unbranched alkanes of at least 4 members (excludes halogenated alkanes) is 21. The van der Waals surface area contributed by atoms with Gasteiger partial charge in [0.1, 0.15) is 0 Å². The molecule has 0 aliphatic heterocycles. The summed E-state index contributed by atoms with van der Waals surface area (Å²) in [7, 11) is 0. The Morgan fingerprint density at radius 3 is 0.667 bits per heavy atom. The van der Waals surface area contributed by atoms with Crippen molar-refractivity contribution in [2.75, 3.05) is 19.8 Å². The zero-order chi connectivity index (χ0) is 37.2. The van der Waals surface area contributed by atoms with Gasteiger partial charge < -0.3 is 30.6 Å². The minimum absolute atomic E-state index is 0.156. The molecule has 6 N–H and O–H groups in total. The summed E-state index contributed by atoms with van der Waals surface area (Å²) in [5, 5.41) is 51.1. The number of hydrogen-bond acceptors (Lipinski definition) is 6. The van der Waals surface area contributed by atoms with Crippen molar-refractivity contribution < 1.29 is 45.0 Å². The fraction of sp³-hybridized carbons (Fsp3) is 0.923. The minimum Gasteiger partial charge on any atom is -0.481 e. The number of aliphatic hydroxyl groups is 3. The van der Waals surface area contributed by atoms with E-state index in [0.717, 1.165) is 38.5 Å². The first-order valence-electron chi connectivity index (χ1n) is 19.5. The van der Waals surface area contributed by atoms with E-state index in [1.54, 1.807) is 0 Å². The van der Waals surface area contributed by atoms with Crippen molar-refractivity contribution in [3.63, 3.8) is 0 Å². The van der Waals surface area contributed by atoms with Gasteiger partial charge in [-0.05, 0) is 25.7 Å². The van der Waals surface area contributed by atoms with Gasteiger partial charge in [-0.3, -0.25) is 14.4 Å². The van der Waals surface area contributed by atoms with Crippen molar-refractivity contribution in [2.45, 2.75) is 207 Å². The molecule has 0 aromatic heterocycles. The lowest BCUT2D eigenvalue weighted by Gasteiger charge is -2.24. The van der Waals surface area contributed by atoms with Crippen molar-refractivity contribution in [1.82, 2.24) is 0 Å². The third-order valence-corrected chi connectivity index (χ3v) is 8.49. The van der Waals surface area contributed by atoms with Gasteiger partial charge in [0.2, 0.25) is 0 Å². The molecule has 9 nitrogen and oxygen atoms in total. The van der Waals surface area contributed by atoms with Gasteiger partial charge in [0, 0.05) is 24.7 Å². The molecule has 290 valence electrons. The Hall–Kier alpha value is -1.71. The van der Waals surface area contributed by atoms with Crippen molar-refractivity contribution in [1.29, 1.82) is 0 Å². The van der Waals surface area contributed by atoms with Crippen LogP contribution in [0.1, 0.15) is 207 Å². The standard InChI is InChI=1S/3C11H22O2.C6H14O3/c3*1-2-3-4-5-6-7-8-9-10-11(12)13;1-2-6(3-7,4-8)5-9/h3*2-10H2,1H3,(H,12,13);7-9H,2-5H2,1H3. The summed E-state index contributed by atoms with van der Waals surface area (Å²) in [5.74, 6) is -1.98. The lowest BCUT2D eigenvalue weighted by Crippen LogP contribution is -2.32. The molecule has 9 heteroatoms. The number of aliphatic carboxylic acids is 3. The smallest absolute Gasteiger partial charge is 0.303 e. The molecule has 48 heavy (non-hydrogen) atoms. The van der Waals surface area contributed by atoms with Gasteiger partial charge in [0.25, 0.3) is 0 Å². The molecule has 0 heterocycles. The normalized spacial score (nSPS) is 10.6. The Kier molecular flexibility index (Phi) is 50.1. The number of carboxylic acid groups (broad SMARTS) is 3. The largest absolute Gasteiger partial charge is 0.481 e. The molecular formula is C39H80O9. The van der Waals surface area contributed by atoms with Crippen molar-refractivity contribution in [2.24, 2.45) is 5.41 Å². The summed E-state index contributed by atoms with van der Waals surface area (Å²) >= 11 is 0. The second-order valence-electron chi connectivity index (χ2n) is 13.2. The zero-order valence-corrected chi connectivity index (χ0v) is 31.8. The highest BCUT2D eigenvalue weighted by Gasteiger charge is 2.24. The van der Waals surface area contributed by atoms with Crippen LogP contribution in [0.15, 0.2) is 0 Å². The van der Waals surface area contributed by atoms with Crippen LogP contribution in [0.5, 0.6) is 0 Å². The molecule has 0 aliphatic rings. The topological polar surface area (TPSA) is 173 Å². The van der Waals surface area contributed by atoms with Crippen LogP contribution in [0.25, 0.3) is 0 Å². The fourth-order valence-corrected chi connectivity index (χ4v) is 4.72. The van der Waals surface area contributed by atoms with Crippen LogP contribution < -0.4 is 0 Å². The van der Waals surface area contributed by atoms with Gasteiger partial charge in [-0.2, -0.15) is 0 Å². The maximum Gasteiger partial charge on any atom is 0.303 e. The zero-order valence-electron chi connectivity index (χ0n) is 31.8. The van der Waals surface area contributed by atoms with Crippen LogP contribution in [-0.4, -0.2) is 68.4 Å². The van der Waals surface area contributed by atoms with E-state index in [1.807, 2.05) is 6.92 Å². The lowest BCUT2D eigenvalue weighted by molar-refractivity contribution is -0.138. The van der Waals surface area contributed by atoms with Crippen LogP contribution in [-0.2, 0) is 14.4 Å². The molecule has 0 rings (SSSR count). The molecule has 0 fully saturated rings. The lowest BCUT2D eigenvalue weighted by atomic mass is 9.88. The highest BCUT2D eigenvalue weighted by atomic mass is 16.4. The number of carbonyl (C=O) groups is 3. The van der Waals surface area contributed by atoms with Crippen LogP contribution in [0.4, 0.5) is 0 Å². The van der Waals surface area contributed by atoms with Crippen LogP contribution in [0.3, 0.4) is 0 Å². The average molecular weight is 693 g/mol. The van der Waals surface area contributed by atoms with Crippen LogP contribution in [0.2, 0.25) is 0 Å². The molecule has 0 spiro atoms. The molecule has 0 saturated heterocycles. The molecule has 0 unspecified atom stereocenters. The summed E-state index contributed by atoms with van der Waals surface area (Å²) in [6, 6.07) is 0. The first kappa shape index (κ1) is 53.1. The molecule has 0 atom stereocenters. The predicted octanol–water partition coefficient (Wildman–Crippen LogP) is 10.2. The number of rotatable bonds is 31. The van der Waals surface area contributed by atoms with E-state index in [1.165, 1.54) is 116 Å². The molecule has 0 amide bonds. The quantitative estimate of drug-likeness (QED) is 0.0386. The van der Waals surface area contributed by atoms with Gasteiger partial charge in [-0.25, -0.2) is 0 Å². The molecular weight excluding hydrogens is 612 g/mol. The van der Waals surface area contributed by atoms with E-state index < -0.39 is 23.3 Å². The second kappa shape index (κ2) is 45.3. The van der Waals surface area contributed by atoms with Crippen molar-refractivity contribution in [3.05, 3.63) is 0 Å². The molecule has 0 aromatic carbocycles. The van der Waals surface area contributed by atoms with Gasteiger partial charge in [-0.15, -0.1) is 0 Å². The maximum absolute atomic E-state index is 10.2. The second-order valence-corrected chi connectivity index (χ2v) is 13.2. The number of carboxylic acids is 3. The van der Waals surface area contributed by atoms with Crippen molar-refractivity contribution in [3.8, 4) is 0 Å². The van der Waals surface area contributed by atoms with Crippen LogP contribution >= 0.6 is 0 Å². The highest BCUT2D eigenvalue weighted by molar-refractivity contribution is 5.67. The molecule has 0 bridgehead atoms. The summed E-state index contributed by atoms with van der Waals surface area (Å²) in [6.45, 7) is 8.00. The van der Waals surface area contributed by atoms with E-state index in [-0.39, 0.29) is 19.8 Å². The van der Waals surface area contributed by atoms with Gasteiger partial charge >= 0.3 is 17.9 Å². The van der Waals surface area contributed by atoms with Gasteiger partial charge in [0.15, 0.2) is 0 Å². The Morgan fingerprint density at radius 1 is 0.354 bits per heavy atom. The average Bonchev–Trinajstić information content (AvgIpc) is 3.07. The predicted molar refractivity (Wildman–Crippen MR) is 199 cm³/mol. The number of aliphatic hydroxyl groups excluding tert-OH is 3. The Bertz CT molecular complexity index is 563. The fourth-order valence-electron chi connectivity index (χ4n) is 4.72.